The molecule has 0 aliphatic carbocycles. The van der Waals surface area contributed by atoms with Crippen LogP contribution in [0.25, 0.3) is 0 Å². The van der Waals surface area contributed by atoms with Gasteiger partial charge in [-0.1, -0.05) is 0 Å². The molecule has 2 rings (SSSR count). The SMILES string of the molecule is CC1NS(=O)(=O)c2sc(C(=O)O)cc21. The third-order valence-electron chi connectivity index (χ3n) is 1.98. The Morgan fingerprint density at radius 1 is 1.64 bits per heavy atom. The lowest BCUT2D eigenvalue weighted by Gasteiger charge is -1.99. The molecule has 1 aromatic heterocycles. The highest BCUT2D eigenvalue weighted by Gasteiger charge is 2.34. The number of hydrogen-bond donors (Lipinski definition) is 2. The molecule has 0 spiro atoms. The standard InChI is InChI=1S/C7H7NO4S2/c1-3-4-2-5(6(9)10)13-7(4)14(11,12)8-3/h2-3,8H,1H3,(H,9,10). The van der Waals surface area contributed by atoms with Gasteiger partial charge >= 0.3 is 5.97 Å². The second-order valence-corrected chi connectivity index (χ2v) is 5.96. The number of hydrogen-bond acceptors (Lipinski definition) is 4. The third kappa shape index (κ3) is 1.24. The fourth-order valence-corrected chi connectivity index (χ4v) is 4.28. The molecule has 1 aliphatic heterocycles. The van der Waals surface area contributed by atoms with E-state index in [0.717, 1.165) is 11.3 Å². The number of aromatic carboxylic acids is 1. The van der Waals surface area contributed by atoms with Crippen molar-refractivity contribution in [3.05, 3.63) is 16.5 Å². The van der Waals surface area contributed by atoms with E-state index in [1.54, 1.807) is 6.92 Å². The van der Waals surface area contributed by atoms with Crippen LogP contribution in [0.4, 0.5) is 0 Å². The monoisotopic (exact) mass is 233 g/mol. The van der Waals surface area contributed by atoms with Gasteiger partial charge in [0.2, 0.25) is 0 Å². The van der Waals surface area contributed by atoms with Crippen molar-refractivity contribution in [2.75, 3.05) is 0 Å². The molecule has 2 heterocycles. The summed E-state index contributed by atoms with van der Waals surface area (Å²) < 4.78 is 25.3. The van der Waals surface area contributed by atoms with Crippen molar-refractivity contribution >= 4 is 27.3 Å². The Hall–Kier alpha value is -0.920. The molecule has 14 heavy (non-hydrogen) atoms. The molecule has 1 aliphatic rings. The number of carboxylic acids is 1. The third-order valence-corrected chi connectivity index (χ3v) is 5.21. The van der Waals surface area contributed by atoms with Gasteiger partial charge in [0.25, 0.3) is 10.0 Å². The van der Waals surface area contributed by atoms with E-state index in [-0.39, 0.29) is 15.1 Å². The van der Waals surface area contributed by atoms with Gasteiger partial charge in [-0.05, 0) is 13.0 Å². The van der Waals surface area contributed by atoms with E-state index in [0.29, 0.717) is 5.56 Å². The van der Waals surface area contributed by atoms with Gasteiger partial charge in [-0.15, -0.1) is 11.3 Å². The van der Waals surface area contributed by atoms with Crippen LogP contribution in [0, 0.1) is 0 Å². The summed E-state index contributed by atoms with van der Waals surface area (Å²) in [6.07, 6.45) is 0. The molecule has 0 radical (unpaired) electrons. The maximum atomic E-state index is 11.4. The summed E-state index contributed by atoms with van der Waals surface area (Å²) in [7, 11) is -3.46. The summed E-state index contributed by atoms with van der Waals surface area (Å²) in [5, 5.41) is 8.69. The van der Waals surface area contributed by atoms with Crippen molar-refractivity contribution in [3.8, 4) is 0 Å². The van der Waals surface area contributed by atoms with Crippen LogP contribution in [-0.2, 0) is 10.0 Å². The molecule has 2 N–H and O–H groups in total. The Morgan fingerprint density at radius 3 is 2.79 bits per heavy atom. The van der Waals surface area contributed by atoms with Crippen molar-refractivity contribution in [3.63, 3.8) is 0 Å². The van der Waals surface area contributed by atoms with E-state index in [1.807, 2.05) is 0 Å². The molecule has 0 aromatic carbocycles. The van der Waals surface area contributed by atoms with Crippen molar-refractivity contribution in [2.24, 2.45) is 0 Å². The lowest BCUT2D eigenvalue weighted by atomic mass is 10.2. The quantitative estimate of drug-likeness (QED) is 0.751. The van der Waals surface area contributed by atoms with Crippen molar-refractivity contribution in [1.29, 1.82) is 0 Å². The summed E-state index contributed by atoms with van der Waals surface area (Å²) >= 11 is 0.791. The zero-order chi connectivity index (χ0) is 10.5. The summed E-state index contributed by atoms with van der Waals surface area (Å²) in [6.45, 7) is 1.68. The zero-order valence-corrected chi connectivity index (χ0v) is 8.78. The maximum Gasteiger partial charge on any atom is 0.345 e. The number of carboxylic acid groups (broad SMARTS) is 1. The molecule has 1 unspecified atom stereocenters. The summed E-state index contributed by atoms with van der Waals surface area (Å²) in [6, 6.07) is 1.07. The second-order valence-electron chi connectivity index (χ2n) is 3.00. The Balaban J connectivity index is 2.64. The van der Waals surface area contributed by atoms with Gasteiger partial charge in [0.05, 0.1) is 0 Å². The molecule has 0 saturated carbocycles. The highest BCUT2D eigenvalue weighted by molar-refractivity contribution is 7.92. The maximum absolute atomic E-state index is 11.4. The van der Waals surface area contributed by atoms with Gasteiger partial charge in [-0.2, -0.15) is 0 Å². The van der Waals surface area contributed by atoms with Gasteiger partial charge in [0, 0.05) is 11.6 Å². The average molecular weight is 233 g/mol. The summed E-state index contributed by atoms with van der Waals surface area (Å²) in [4.78, 5) is 10.7. The minimum atomic E-state index is -3.46. The first-order chi connectivity index (χ1) is 6.42. The smallest absolute Gasteiger partial charge is 0.345 e. The molecule has 0 fully saturated rings. The molecule has 0 amide bonds. The van der Waals surface area contributed by atoms with Crippen LogP contribution < -0.4 is 4.72 Å². The predicted octanol–water partition coefficient (Wildman–Crippen LogP) is 0.799. The zero-order valence-electron chi connectivity index (χ0n) is 7.14. The second kappa shape index (κ2) is 2.78. The highest BCUT2D eigenvalue weighted by Crippen LogP contribution is 2.37. The molecule has 7 heteroatoms. The number of fused-ring (bicyclic) bond motifs is 1. The predicted molar refractivity (Wildman–Crippen MR) is 50.0 cm³/mol. The van der Waals surface area contributed by atoms with E-state index in [9.17, 15) is 13.2 Å². The van der Waals surface area contributed by atoms with Gasteiger partial charge < -0.3 is 5.11 Å². The summed E-state index contributed by atoms with van der Waals surface area (Å²) in [5.74, 6) is -1.09. The fraction of sp³-hybridized carbons (Fsp3) is 0.286. The highest BCUT2D eigenvalue weighted by atomic mass is 32.2. The van der Waals surface area contributed by atoms with E-state index in [4.69, 9.17) is 5.11 Å². The van der Waals surface area contributed by atoms with Gasteiger partial charge in [-0.25, -0.2) is 17.9 Å². The van der Waals surface area contributed by atoms with Crippen molar-refractivity contribution in [1.82, 2.24) is 4.72 Å². The largest absolute Gasteiger partial charge is 0.477 e. The molecule has 0 saturated heterocycles. The van der Waals surface area contributed by atoms with Crippen molar-refractivity contribution < 1.29 is 18.3 Å². The molecular formula is C7H7NO4S2. The Morgan fingerprint density at radius 2 is 2.29 bits per heavy atom. The van der Waals surface area contributed by atoms with E-state index >= 15 is 0 Å². The van der Waals surface area contributed by atoms with Gasteiger partial charge in [0.1, 0.15) is 9.09 Å². The lowest BCUT2D eigenvalue weighted by Crippen LogP contribution is -2.17. The van der Waals surface area contributed by atoms with Crippen LogP contribution in [0.2, 0.25) is 0 Å². The van der Waals surface area contributed by atoms with Crippen LogP contribution in [0.1, 0.15) is 28.2 Å². The van der Waals surface area contributed by atoms with Crippen LogP contribution >= 0.6 is 11.3 Å². The minimum Gasteiger partial charge on any atom is -0.477 e. The van der Waals surface area contributed by atoms with E-state index in [1.165, 1.54) is 6.07 Å². The molecule has 76 valence electrons. The lowest BCUT2D eigenvalue weighted by molar-refractivity contribution is 0.0702. The first-order valence-electron chi connectivity index (χ1n) is 3.81. The number of carbonyl (C=O) groups is 1. The summed E-state index contributed by atoms with van der Waals surface area (Å²) in [5.41, 5.74) is 0.549. The fourth-order valence-electron chi connectivity index (χ4n) is 1.36. The molecule has 0 bridgehead atoms. The number of thiophene rings is 1. The number of rotatable bonds is 1. The normalized spacial score (nSPS) is 23.4. The van der Waals surface area contributed by atoms with Crippen LogP contribution in [0.3, 0.4) is 0 Å². The molecule has 1 atom stereocenters. The van der Waals surface area contributed by atoms with Crippen molar-refractivity contribution in [2.45, 2.75) is 17.2 Å². The Labute approximate surface area is 84.4 Å². The van der Waals surface area contributed by atoms with Gasteiger partial charge in [-0.3, -0.25) is 0 Å². The van der Waals surface area contributed by atoms with Crippen LogP contribution in [0.15, 0.2) is 10.3 Å². The first-order valence-corrected chi connectivity index (χ1v) is 6.11. The first kappa shape index (κ1) is 9.63. The number of sulfonamides is 1. The minimum absolute atomic E-state index is 0.0620. The molecule has 1 aromatic rings. The Bertz CT molecular complexity index is 502. The van der Waals surface area contributed by atoms with E-state index < -0.39 is 16.0 Å². The Kier molecular flexibility index (Phi) is 1.91. The number of nitrogens with one attached hydrogen (secondary N) is 1. The molecule has 5 nitrogen and oxygen atoms in total. The topological polar surface area (TPSA) is 83.5 Å². The average Bonchev–Trinajstić information content (AvgIpc) is 2.53. The van der Waals surface area contributed by atoms with E-state index in [2.05, 4.69) is 4.72 Å². The molecular weight excluding hydrogens is 226 g/mol. The van der Waals surface area contributed by atoms with Crippen LogP contribution in [0.5, 0.6) is 0 Å². The van der Waals surface area contributed by atoms with Crippen LogP contribution in [-0.4, -0.2) is 19.5 Å². The van der Waals surface area contributed by atoms with Gasteiger partial charge in [0.15, 0.2) is 0 Å².